The number of halogens is 1. The van der Waals surface area contributed by atoms with E-state index in [4.69, 9.17) is 16.3 Å². The van der Waals surface area contributed by atoms with Gasteiger partial charge in [0.05, 0.1) is 6.04 Å². The van der Waals surface area contributed by atoms with Crippen molar-refractivity contribution in [1.29, 1.82) is 0 Å². The Morgan fingerprint density at radius 3 is 2.58 bits per heavy atom. The van der Waals surface area contributed by atoms with Crippen LogP contribution in [-0.4, -0.2) is 28.7 Å². The van der Waals surface area contributed by atoms with Crippen molar-refractivity contribution in [3.8, 4) is 11.5 Å². The summed E-state index contributed by atoms with van der Waals surface area (Å²) in [6.45, 7) is 1.25. The molecule has 3 N–H and O–H groups in total. The number of esters is 1. The molecule has 24 heavy (non-hydrogen) atoms. The van der Waals surface area contributed by atoms with Crippen molar-refractivity contribution in [3.63, 3.8) is 0 Å². The minimum absolute atomic E-state index is 0.139. The zero-order valence-corrected chi connectivity index (χ0v) is 13.6. The smallest absolute Gasteiger partial charge is 0.342 e. The summed E-state index contributed by atoms with van der Waals surface area (Å²) in [6.07, 6.45) is 0. The quantitative estimate of drug-likeness (QED) is 0.721. The maximum absolute atomic E-state index is 11.9. The SMILES string of the molecule is C[C@@H](NC(=O)COC(=O)c1ccc(O)cc1O)c1ccccc1Cl. The molecule has 0 saturated carbocycles. The molecule has 0 unspecified atom stereocenters. The molecule has 0 spiro atoms. The van der Waals surface area contributed by atoms with E-state index in [1.165, 1.54) is 12.1 Å². The van der Waals surface area contributed by atoms with Crippen molar-refractivity contribution in [2.45, 2.75) is 13.0 Å². The number of nitrogens with one attached hydrogen (secondary N) is 1. The molecule has 0 aromatic heterocycles. The zero-order chi connectivity index (χ0) is 17.7. The van der Waals surface area contributed by atoms with E-state index in [0.717, 1.165) is 11.6 Å². The highest BCUT2D eigenvalue weighted by Gasteiger charge is 2.17. The van der Waals surface area contributed by atoms with Crippen LogP contribution in [0.1, 0.15) is 28.9 Å². The summed E-state index contributed by atoms with van der Waals surface area (Å²) >= 11 is 6.06. The molecule has 2 rings (SSSR count). The Hall–Kier alpha value is -2.73. The van der Waals surface area contributed by atoms with Crippen LogP contribution in [0.5, 0.6) is 11.5 Å². The van der Waals surface area contributed by atoms with E-state index < -0.39 is 24.2 Å². The number of phenols is 2. The summed E-state index contributed by atoms with van der Waals surface area (Å²) in [6, 6.07) is 10.2. The van der Waals surface area contributed by atoms with Crippen LogP contribution in [0.15, 0.2) is 42.5 Å². The Morgan fingerprint density at radius 1 is 1.21 bits per heavy atom. The van der Waals surface area contributed by atoms with Crippen molar-refractivity contribution in [3.05, 3.63) is 58.6 Å². The van der Waals surface area contributed by atoms with Gasteiger partial charge in [-0.15, -0.1) is 0 Å². The Bertz CT molecular complexity index is 762. The van der Waals surface area contributed by atoms with Crippen LogP contribution in [0.2, 0.25) is 5.02 Å². The number of hydrogen-bond donors (Lipinski definition) is 3. The number of ether oxygens (including phenoxy) is 1. The molecule has 7 heteroatoms. The summed E-state index contributed by atoms with van der Waals surface area (Å²) < 4.78 is 4.85. The van der Waals surface area contributed by atoms with Gasteiger partial charge >= 0.3 is 5.97 Å². The minimum Gasteiger partial charge on any atom is -0.508 e. The standard InChI is InChI=1S/C17H16ClNO5/c1-10(12-4-2-3-5-14(12)18)19-16(22)9-24-17(23)13-7-6-11(20)8-15(13)21/h2-8,10,20-21H,9H2,1H3,(H,19,22)/t10-/m1/s1. The highest BCUT2D eigenvalue weighted by molar-refractivity contribution is 6.31. The normalized spacial score (nSPS) is 11.6. The van der Waals surface area contributed by atoms with Gasteiger partial charge in [-0.1, -0.05) is 29.8 Å². The van der Waals surface area contributed by atoms with Crippen LogP contribution in [0.3, 0.4) is 0 Å². The Balaban J connectivity index is 1.91. The molecule has 0 fully saturated rings. The van der Waals surface area contributed by atoms with Crippen LogP contribution in [0.4, 0.5) is 0 Å². The Kier molecular flexibility index (Phi) is 5.65. The van der Waals surface area contributed by atoms with Gasteiger partial charge in [0.2, 0.25) is 0 Å². The summed E-state index contributed by atoms with van der Waals surface area (Å²) in [4.78, 5) is 23.7. The van der Waals surface area contributed by atoms with Gasteiger partial charge in [-0.3, -0.25) is 4.79 Å². The van der Waals surface area contributed by atoms with Crippen LogP contribution < -0.4 is 5.32 Å². The molecular weight excluding hydrogens is 334 g/mol. The van der Waals surface area contributed by atoms with E-state index in [-0.39, 0.29) is 17.4 Å². The predicted octanol–water partition coefficient (Wildman–Crippen LogP) is 2.79. The lowest BCUT2D eigenvalue weighted by Crippen LogP contribution is -2.31. The van der Waals surface area contributed by atoms with Gasteiger partial charge in [0.1, 0.15) is 17.1 Å². The highest BCUT2D eigenvalue weighted by atomic mass is 35.5. The third-order valence-corrected chi connectivity index (χ3v) is 3.63. The largest absolute Gasteiger partial charge is 0.508 e. The fourth-order valence-electron chi connectivity index (χ4n) is 2.09. The number of benzene rings is 2. The first-order valence-corrected chi connectivity index (χ1v) is 7.49. The summed E-state index contributed by atoms with van der Waals surface area (Å²) in [5.41, 5.74) is 0.606. The molecule has 0 aliphatic heterocycles. The van der Waals surface area contributed by atoms with Crippen molar-refractivity contribution in [2.75, 3.05) is 6.61 Å². The van der Waals surface area contributed by atoms with Gasteiger partial charge in [-0.05, 0) is 30.7 Å². The molecule has 1 amide bonds. The Labute approximate surface area is 143 Å². The van der Waals surface area contributed by atoms with Gasteiger partial charge in [0.25, 0.3) is 5.91 Å². The number of rotatable bonds is 5. The second-order valence-electron chi connectivity index (χ2n) is 5.09. The number of aromatic hydroxyl groups is 2. The Morgan fingerprint density at radius 2 is 1.92 bits per heavy atom. The molecule has 0 bridgehead atoms. The summed E-state index contributed by atoms with van der Waals surface area (Å²) in [5, 5.41) is 21.9. The lowest BCUT2D eigenvalue weighted by Gasteiger charge is -2.15. The van der Waals surface area contributed by atoms with Crippen molar-refractivity contribution >= 4 is 23.5 Å². The molecule has 2 aromatic rings. The molecule has 2 aromatic carbocycles. The maximum Gasteiger partial charge on any atom is 0.342 e. The molecule has 0 heterocycles. The summed E-state index contributed by atoms with van der Waals surface area (Å²) in [7, 11) is 0. The van der Waals surface area contributed by atoms with Gasteiger partial charge < -0.3 is 20.3 Å². The van der Waals surface area contributed by atoms with Crippen LogP contribution >= 0.6 is 11.6 Å². The molecule has 6 nitrogen and oxygen atoms in total. The van der Waals surface area contributed by atoms with Gasteiger partial charge in [0, 0.05) is 11.1 Å². The minimum atomic E-state index is -0.868. The summed E-state index contributed by atoms with van der Waals surface area (Å²) in [5.74, 6) is -1.98. The van der Waals surface area contributed by atoms with Crippen molar-refractivity contribution in [2.24, 2.45) is 0 Å². The predicted molar refractivity (Wildman–Crippen MR) is 88.1 cm³/mol. The third kappa shape index (κ3) is 4.39. The zero-order valence-electron chi connectivity index (χ0n) is 12.8. The van der Waals surface area contributed by atoms with Crippen molar-refractivity contribution < 1.29 is 24.5 Å². The van der Waals surface area contributed by atoms with E-state index in [0.29, 0.717) is 5.02 Å². The first-order chi connectivity index (χ1) is 11.4. The van der Waals surface area contributed by atoms with E-state index in [1.807, 2.05) is 0 Å². The number of hydrogen-bond acceptors (Lipinski definition) is 5. The monoisotopic (exact) mass is 349 g/mol. The third-order valence-electron chi connectivity index (χ3n) is 3.28. The maximum atomic E-state index is 11.9. The molecule has 126 valence electrons. The molecular formula is C17H16ClNO5. The van der Waals surface area contributed by atoms with Gasteiger partial charge in [0.15, 0.2) is 6.61 Å². The average Bonchev–Trinajstić information content (AvgIpc) is 2.53. The lowest BCUT2D eigenvalue weighted by atomic mass is 10.1. The van der Waals surface area contributed by atoms with E-state index in [2.05, 4.69) is 5.32 Å². The number of carbonyl (C=O) groups is 2. The number of phenolic OH excluding ortho intramolecular Hbond substituents is 2. The van der Waals surface area contributed by atoms with Crippen LogP contribution in [0, 0.1) is 0 Å². The highest BCUT2D eigenvalue weighted by Crippen LogP contribution is 2.23. The molecule has 0 aliphatic rings. The second kappa shape index (κ2) is 7.70. The van der Waals surface area contributed by atoms with E-state index in [1.54, 1.807) is 31.2 Å². The number of amides is 1. The fraction of sp³-hybridized carbons (Fsp3) is 0.176. The van der Waals surface area contributed by atoms with Crippen molar-refractivity contribution in [1.82, 2.24) is 5.32 Å². The first-order valence-electron chi connectivity index (χ1n) is 7.11. The molecule has 0 aliphatic carbocycles. The first kappa shape index (κ1) is 17.6. The topological polar surface area (TPSA) is 95.9 Å². The van der Waals surface area contributed by atoms with Gasteiger partial charge in [-0.25, -0.2) is 4.79 Å². The average molecular weight is 350 g/mol. The molecule has 0 radical (unpaired) electrons. The van der Waals surface area contributed by atoms with Crippen LogP contribution in [-0.2, 0) is 9.53 Å². The number of carbonyl (C=O) groups excluding carboxylic acids is 2. The van der Waals surface area contributed by atoms with E-state index in [9.17, 15) is 19.8 Å². The lowest BCUT2D eigenvalue weighted by molar-refractivity contribution is -0.124. The van der Waals surface area contributed by atoms with Gasteiger partial charge in [-0.2, -0.15) is 0 Å². The fourth-order valence-corrected chi connectivity index (χ4v) is 2.39. The van der Waals surface area contributed by atoms with Crippen LogP contribution in [0.25, 0.3) is 0 Å². The second-order valence-corrected chi connectivity index (χ2v) is 5.50. The van der Waals surface area contributed by atoms with E-state index >= 15 is 0 Å². The molecule has 0 saturated heterocycles. The molecule has 1 atom stereocenters.